The molecule has 0 unspecified atom stereocenters. The van der Waals surface area contributed by atoms with E-state index in [1.54, 1.807) is 13.8 Å². The number of amides is 1. The molecule has 1 heterocycles. The third-order valence-corrected chi connectivity index (χ3v) is 4.34. The van der Waals surface area contributed by atoms with Gasteiger partial charge in [-0.25, -0.2) is 4.39 Å². The van der Waals surface area contributed by atoms with Crippen LogP contribution in [-0.2, 0) is 29.3 Å². The molecule has 1 spiro atoms. The van der Waals surface area contributed by atoms with Crippen molar-refractivity contribution in [1.29, 1.82) is 0 Å². The molecule has 2 atom stereocenters. The molecule has 1 aliphatic carbocycles. The largest absolute Gasteiger partial charge is 0.466 e. The molecule has 1 amide bonds. The molecule has 0 saturated heterocycles. The van der Waals surface area contributed by atoms with Crippen LogP contribution in [-0.4, -0.2) is 31.1 Å². The number of nitrogens with one attached hydrogen (secondary N) is 1. The molecular weight excluding hydrogens is 305 g/mol. The molecule has 1 aromatic carbocycles. The summed E-state index contributed by atoms with van der Waals surface area (Å²) in [6.07, 6.45) is 0. The fourth-order valence-electron chi connectivity index (χ4n) is 3.43. The lowest BCUT2D eigenvalue weighted by molar-refractivity contribution is -0.150. The van der Waals surface area contributed by atoms with E-state index in [0.29, 0.717) is 11.3 Å². The standard InChI is InChI=1S/C16H16FNO5/c1-3-22-13(19)11-12(14(20)23-4-2)16(11)9-7-8(17)5-6-10(9)18-15(16)21/h5-7,11-12H,3-4H2,1-2H3,(H,18,21)/t11-,12-/m1/s1. The maximum Gasteiger partial charge on any atom is 0.311 e. The first kappa shape index (κ1) is 15.5. The van der Waals surface area contributed by atoms with Crippen LogP contribution in [0.4, 0.5) is 10.1 Å². The van der Waals surface area contributed by atoms with Crippen LogP contribution in [0.1, 0.15) is 19.4 Å². The van der Waals surface area contributed by atoms with Crippen molar-refractivity contribution >= 4 is 23.5 Å². The fraction of sp³-hybridized carbons (Fsp3) is 0.438. The number of fused-ring (bicyclic) bond motifs is 2. The number of carbonyl (C=O) groups is 3. The van der Waals surface area contributed by atoms with E-state index >= 15 is 0 Å². The Labute approximate surface area is 131 Å². The Balaban J connectivity index is 2.08. The quantitative estimate of drug-likeness (QED) is 0.848. The number of rotatable bonds is 4. The molecule has 23 heavy (non-hydrogen) atoms. The highest BCUT2D eigenvalue weighted by Gasteiger charge is 2.80. The van der Waals surface area contributed by atoms with Crippen molar-refractivity contribution in [2.24, 2.45) is 11.8 Å². The summed E-state index contributed by atoms with van der Waals surface area (Å²) in [6.45, 7) is 3.51. The van der Waals surface area contributed by atoms with E-state index in [9.17, 15) is 18.8 Å². The third kappa shape index (κ3) is 2.03. The molecule has 6 nitrogen and oxygen atoms in total. The summed E-state index contributed by atoms with van der Waals surface area (Å²) in [5.41, 5.74) is -0.730. The van der Waals surface area contributed by atoms with Gasteiger partial charge in [-0.3, -0.25) is 14.4 Å². The van der Waals surface area contributed by atoms with Gasteiger partial charge in [0.1, 0.15) is 11.2 Å². The average molecular weight is 321 g/mol. The van der Waals surface area contributed by atoms with Gasteiger partial charge in [0.15, 0.2) is 0 Å². The highest BCUT2D eigenvalue weighted by atomic mass is 19.1. The lowest BCUT2D eigenvalue weighted by Gasteiger charge is -2.08. The van der Waals surface area contributed by atoms with Crippen molar-refractivity contribution in [3.63, 3.8) is 0 Å². The van der Waals surface area contributed by atoms with Crippen LogP contribution in [0.3, 0.4) is 0 Å². The lowest BCUT2D eigenvalue weighted by Crippen LogP contribution is -2.27. The molecule has 0 aromatic heterocycles. The predicted molar refractivity (Wildman–Crippen MR) is 77.0 cm³/mol. The van der Waals surface area contributed by atoms with E-state index in [-0.39, 0.29) is 13.2 Å². The molecule has 0 radical (unpaired) electrons. The number of hydrogen-bond acceptors (Lipinski definition) is 5. The predicted octanol–water partition coefficient (Wildman–Crippen LogP) is 1.39. The second-order valence-corrected chi connectivity index (χ2v) is 5.47. The van der Waals surface area contributed by atoms with E-state index in [1.807, 2.05) is 0 Å². The monoisotopic (exact) mass is 321 g/mol. The van der Waals surface area contributed by atoms with Gasteiger partial charge in [0.2, 0.25) is 5.91 Å². The summed E-state index contributed by atoms with van der Waals surface area (Å²) in [5, 5.41) is 2.61. The van der Waals surface area contributed by atoms with Crippen LogP contribution in [0.25, 0.3) is 0 Å². The fourth-order valence-corrected chi connectivity index (χ4v) is 3.43. The Kier molecular flexibility index (Phi) is 3.58. The van der Waals surface area contributed by atoms with Crippen molar-refractivity contribution in [1.82, 2.24) is 0 Å². The molecule has 7 heteroatoms. The molecule has 3 rings (SSSR count). The highest BCUT2D eigenvalue weighted by Crippen LogP contribution is 2.65. The van der Waals surface area contributed by atoms with Crippen LogP contribution < -0.4 is 5.32 Å². The van der Waals surface area contributed by atoms with Crippen LogP contribution in [0.15, 0.2) is 18.2 Å². The van der Waals surface area contributed by atoms with E-state index in [0.717, 1.165) is 0 Å². The van der Waals surface area contributed by atoms with Crippen LogP contribution in [0.2, 0.25) is 0 Å². The number of ether oxygens (including phenoxy) is 2. The number of esters is 2. The van der Waals surface area contributed by atoms with Gasteiger partial charge in [-0.2, -0.15) is 0 Å². The molecule has 0 bridgehead atoms. The van der Waals surface area contributed by atoms with Crippen LogP contribution in [0, 0.1) is 17.7 Å². The zero-order chi connectivity index (χ0) is 16.8. The summed E-state index contributed by atoms with van der Waals surface area (Å²) in [5.74, 6) is -4.35. The molecule has 1 fully saturated rings. The lowest BCUT2D eigenvalue weighted by atomic mass is 9.93. The van der Waals surface area contributed by atoms with Gasteiger partial charge in [0.05, 0.1) is 25.0 Å². The maximum atomic E-state index is 13.6. The summed E-state index contributed by atoms with van der Waals surface area (Å²) in [6, 6.07) is 3.80. The van der Waals surface area contributed by atoms with Crippen LogP contribution >= 0.6 is 0 Å². The minimum absolute atomic E-state index is 0.124. The average Bonchev–Trinajstić information content (AvgIpc) is 3.13. The number of halogens is 1. The topological polar surface area (TPSA) is 81.7 Å². The number of hydrogen-bond donors (Lipinski definition) is 1. The first-order chi connectivity index (χ1) is 11.0. The van der Waals surface area contributed by atoms with Crippen molar-refractivity contribution < 1.29 is 28.2 Å². The molecule has 1 saturated carbocycles. The minimum atomic E-state index is -1.43. The summed E-state index contributed by atoms with van der Waals surface area (Å²) >= 11 is 0. The van der Waals surface area contributed by atoms with Gasteiger partial charge < -0.3 is 14.8 Å². The molecule has 1 aliphatic heterocycles. The van der Waals surface area contributed by atoms with Gasteiger partial charge in [0.25, 0.3) is 0 Å². The highest BCUT2D eigenvalue weighted by molar-refractivity contribution is 6.16. The molecule has 1 aromatic rings. The summed E-state index contributed by atoms with van der Waals surface area (Å²) in [4.78, 5) is 37.0. The van der Waals surface area contributed by atoms with E-state index in [1.165, 1.54) is 18.2 Å². The van der Waals surface area contributed by atoms with Crippen molar-refractivity contribution in [2.75, 3.05) is 18.5 Å². The van der Waals surface area contributed by atoms with Crippen molar-refractivity contribution in [3.8, 4) is 0 Å². The smallest absolute Gasteiger partial charge is 0.311 e. The van der Waals surface area contributed by atoms with Gasteiger partial charge >= 0.3 is 11.9 Å². The Morgan fingerprint density at radius 2 is 1.74 bits per heavy atom. The zero-order valence-corrected chi connectivity index (χ0v) is 12.7. The van der Waals surface area contributed by atoms with Gasteiger partial charge in [0, 0.05) is 5.69 Å². The Bertz CT molecular complexity index is 678. The van der Waals surface area contributed by atoms with Crippen LogP contribution in [0.5, 0.6) is 0 Å². The molecule has 1 N–H and O–H groups in total. The third-order valence-electron chi connectivity index (χ3n) is 4.34. The van der Waals surface area contributed by atoms with Gasteiger partial charge in [-0.05, 0) is 37.6 Å². The van der Waals surface area contributed by atoms with Gasteiger partial charge in [-0.1, -0.05) is 0 Å². The SMILES string of the molecule is CCOC(=O)[C@H]1[C@H](C(=O)OCC)C12C(=O)Nc1ccc(F)cc12. The van der Waals surface area contributed by atoms with Gasteiger partial charge in [-0.15, -0.1) is 0 Å². The van der Waals surface area contributed by atoms with Crippen molar-refractivity contribution in [2.45, 2.75) is 19.3 Å². The number of anilines is 1. The molecule has 2 aliphatic rings. The number of carbonyl (C=O) groups excluding carboxylic acids is 3. The van der Waals surface area contributed by atoms with E-state index < -0.39 is 40.9 Å². The summed E-state index contributed by atoms with van der Waals surface area (Å²) in [7, 11) is 0. The first-order valence-electron chi connectivity index (χ1n) is 7.43. The van der Waals surface area contributed by atoms with E-state index in [2.05, 4.69) is 5.32 Å². The molecular formula is C16H16FNO5. The zero-order valence-electron chi connectivity index (χ0n) is 12.7. The Morgan fingerprint density at radius 3 is 2.26 bits per heavy atom. The Morgan fingerprint density at radius 1 is 1.17 bits per heavy atom. The normalized spacial score (nSPS) is 27.3. The summed E-state index contributed by atoms with van der Waals surface area (Å²) < 4.78 is 23.6. The van der Waals surface area contributed by atoms with Crippen molar-refractivity contribution in [3.05, 3.63) is 29.6 Å². The first-order valence-corrected chi connectivity index (χ1v) is 7.43. The Hall–Kier alpha value is -2.44. The maximum absolute atomic E-state index is 13.6. The minimum Gasteiger partial charge on any atom is -0.466 e. The second-order valence-electron chi connectivity index (χ2n) is 5.47. The number of benzene rings is 1. The van der Waals surface area contributed by atoms with E-state index in [4.69, 9.17) is 9.47 Å². The molecule has 122 valence electrons. The second kappa shape index (κ2) is 5.33.